The summed E-state index contributed by atoms with van der Waals surface area (Å²) in [6.45, 7) is 4.35. The lowest BCUT2D eigenvalue weighted by Crippen LogP contribution is -2.40. The van der Waals surface area contributed by atoms with Crippen LogP contribution in [0.2, 0.25) is 5.02 Å². The van der Waals surface area contributed by atoms with Crippen LogP contribution in [0.3, 0.4) is 0 Å². The molecule has 1 aromatic carbocycles. The molecule has 8 heteroatoms. The minimum absolute atomic E-state index is 0.176. The molecule has 0 atom stereocenters. The second-order valence-electron chi connectivity index (χ2n) is 7.04. The van der Waals surface area contributed by atoms with Crippen molar-refractivity contribution in [3.05, 3.63) is 80.6 Å². The fourth-order valence-corrected chi connectivity index (χ4v) is 3.33. The van der Waals surface area contributed by atoms with Gasteiger partial charge in [0.05, 0.1) is 11.7 Å². The third-order valence-corrected chi connectivity index (χ3v) is 5.08. The Balaban J connectivity index is 1.67. The minimum atomic E-state index is -0.388. The summed E-state index contributed by atoms with van der Waals surface area (Å²) in [5.74, 6) is 0.832. The molecule has 3 aromatic rings. The van der Waals surface area contributed by atoms with Gasteiger partial charge < -0.3 is 0 Å². The highest BCUT2D eigenvalue weighted by Crippen LogP contribution is 2.30. The molecule has 0 unspecified atom stereocenters. The zero-order valence-electron chi connectivity index (χ0n) is 15.7. The molecule has 2 aromatic heterocycles. The lowest BCUT2D eigenvalue weighted by atomic mass is 10.1. The van der Waals surface area contributed by atoms with Crippen molar-refractivity contribution >= 4 is 34.5 Å². The van der Waals surface area contributed by atoms with E-state index >= 15 is 0 Å². The lowest BCUT2D eigenvalue weighted by molar-refractivity contribution is 0.553. The third-order valence-electron chi connectivity index (χ3n) is 4.85. The van der Waals surface area contributed by atoms with Gasteiger partial charge in [0.2, 0.25) is 0 Å². The van der Waals surface area contributed by atoms with Crippen LogP contribution in [0.5, 0.6) is 0 Å². The fourth-order valence-electron chi connectivity index (χ4n) is 3.16. The van der Waals surface area contributed by atoms with E-state index in [1.807, 2.05) is 18.2 Å². The van der Waals surface area contributed by atoms with E-state index in [9.17, 15) is 9.59 Å². The van der Waals surface area contributed by atoms with Gasteiger partial charge in [-0.2, -0.15) is 5.10 Å². The topological polar surface area (TPSA) is 81.3 Å². The first-order valence-corrected chi connectivity index (χ1v) is 9.73. The number of hydrogen-bond donors (Lipinski definition) is 1. The van der Waals surface area contributed by atoms with E-state index in [1.165, 1.54) is 16.7 Å². The number of hydrazone groups is 1. The second kappa shape index (κ2) is 8.05. The fraction of sp³-hybridized carbons (Fsp3) is 0.238. The molecule has 1 aliphatic carbocycles. The van der Waals surface area contributed by atoms with E-state index in [0.717, 1.165) is 29.3 Å². The Morgan fingerprint density at radius 3 is 2.83 bits per heavy atom. The maximum Gasteiger partial charge on any atom is 0.332 e. The van der Waals surface area contributed by atoms with Gasteiger partial charge in [0.1, 0.15) is 5.82 Å². The Kier molecular flexibility index (Phi) is 5.31. The van der Waals surface area contributed by atoms with Crippen LogP contribution in [-0.2, 0) is 13.1 Å². The highest BCUT2D eigenvalue weighted by atomic mass is 35.5. The van der Waals surface area contributed by atoms with Crippen molar-refractivity contribution in [2.75, 3.05) is 5.43 Å². The summed E-state index contributed by atoms with van der Waals surface area (Å²) in [5, 5.41) is 5.74. The van der Waals surface area contributed by atoms with Crippen LogP contribution in [0.25, 0.3) is 10.9 Å². The van der Waals surface area contributed by atoms with Crippen LogP contribution in [0, 0.1) is 5.92 Å². The minimum Gasteiger partial charge on any atom is -0.278 e. The summed E-state index contributed by atoms with van der Waals surface area (Å²) in [4.78, 5) is 29.4. The van der Waals surface area contributed by atoms with Gasteiger partial charge in [-0.25, -0.2) is 4.79 Å². The number of benzene rings is 1. The predicted molar refractivity (Wildman–Crippen MR) is 116 cm³/mol. The van der Waals surface area contributed by atoms with Gasteiger partial charge in [0, 0.05) is 41.3 Å². The number of allylic oxidation sites excluding steroid dienone is 1. The number of rotatable bonds is 7. The Bertz CT molecular complexity index is 1220. The average molecular weight is 410 g/mol. The van der Waals surface area contributed by atoms with Gasteiger partial charge in [-0.15, -0.1) is 6.58 Å². The number of anilines is 1. The van der Waals surface area contributed by atoms with Gasteiger partial charge in [-0.1, -0.05) is 17.7 Å². The van der Waals surface area contributed by atoms with Gasteiger partial charge in [-0.3, -0.25) is 24.3 Å². The van der Waals surface area contributed by atoms with E-state index in [2.05, 4.69) is 22.1 Å². The van der Waals surface area contributed by atoms with Gasteiger partial charge in [0.25, 0.3) is 5.56 Å². The van der Waals surface area contributed by atoms with Crippen molar-refractivity contribution in [3.8, 4) is 0 Å². The molecule has 1 N–H and O–H groups in total. The Labute approximate surface area is 172 Å². The second-order valence-corrected chi connectivity index (χ2v) is 7.47. The summed E-state index contributed by atoms with van der Waals surface area (Å²) in [5.41, 5.74) is 3.74. The molecule has 1 fully saturated rings. The van der Waals surface area contributed by atoms with Crippen molar-refractivity contribution in [2.45, 2.75) is 25.9 Å². The van der Waals surface area contributed by atoms with Crippen LogP contribution in [0.15, 0.2) is 63.9 Å². The Morgan fingerprint density at radius 2 is 2.07 bits per heavy atom. The molecule has 148 valence electrons. The summed E-state index contributed by atoms with van der Waals surface area (Å²) >= 11 is 6.10. The normalized spacial score (nSPS) is 13.8. The van der Waals surface area contributed by atoms with Crippen molar-refractivity contribution in [2.24, 2.45) is 11.0 Å². The van der Waals surface area contributed by atoms with E-state index < -0.39 is 0 Å². The summed E-state index contributed by atoms with van der Waals surface area (Å²) < 4.78 is 2.74. The van der Waals surface area contributed by atoms with Gasteiger partial charge in [-0.05, 0) is 43.0 Å². The smallest absolute Gasteiger partial charge is 0.278 e. The number of nitrogens with one attached hydrogen (secondary N) is 1. The zero-order valence-corrected chi connectivity index (χ0v) is 16.5. The molecule has 0 aliphatic heterocycles. The quantitative estimate of drug-likeness (QED) is 0.369. The number of halogens is 1. The molecule has 2 heterocycles. The van der Waals surface area contributed by atoms with Crippen molar-refractivity contribution in [1.29, 1.82) is 0 Å². The molecule has 29 heavy (non-hydrogen) atoms. The molecular formula is C21H20ClN5O2. The summed E-state index contributed by atoms with van der Waals surface area (Å²) in [6.07, 6.45) is 7.02. The molecule has 0 radical (unpaired) electrons. The van der Waals surface area contributed by atoms with Crippen molar-refractivity contribution in [3.63, 3.8) is 0 Å². The molecular weight excluding hydrogens is 390 g/mol. The van der Waals surface area contributed by atoms with E-state index in [-0.39, 0.29) is 17.8 Å². The Hall–Kier alpha value is -3.19. The molecule has 0 spiro atoms. The van der Waals surface area contributed by atoms with E-state index in [0.29, 0.717) is 23.3 Å². The van der Waals surface area contributed by atoms with Crippen LogP contribution < -0.4 is 16.7 Å². The third kappa shape index (κ3) is 4.14. The lowest BCUT2D eigenvalue weighted by Gasteiger charge is -2.13. The number of pyridine rings is 1. The molecule has 7 nitrogen and oxygen atoms in total. The summed E-state index contributed by atoms with van der Waals surface area (Å²) in [6, 6.07) is 8.67. The van der Waals surface area contributed by atoms with Crippen LogP contribution >= 0.6 is 11.6 Å². The first kappa shape index (κ1) is 19.1. The van der Waals surface area contributed by atoms with Crippen LogP contribution in [-0.4, -0.2) is 20.3 Å². The van der Waals surface area contributed by atoms with Gasteiger partial charge in [0.15, 0.2) is 0 Å². The summed E-state index contributed by atoms with van der Waals surface area (Å²) in [7, 11) is 0. The number of aromatic nitrogens is 3. The van der Waals surface area contributed by atoms with Crippen molar-refractivity contribution < 1.29 is 0 Å². The molecule has 0 amide bonds. The molecule has 1 saturated carbocycles. The SMILES string of the molecule is C=CCn1c(=O)cc(N/N=C/c2ccnc3ccc(Cl)cc23)n(CC2CC2)c1=O. The maximum atomic E-state index is 12.8. The maximum absolute atomic E-state index is 12.8. The molecule has 4 rings (SSSR count). The highest BCUT2D eigenvalue weighted by molar-refractivity contribution is 6.31. The monoisotopic (exact) mass is 409 g/mol. The van der Waals surface area contributed by atoms with Gasteiger partial charge >= 0.3 is 5.69 Å². The molecule has 1 aliphatic rings. The van der Waals surface area contributed by atoms with Crippen LogP contribution in [0.4, 0.5) is 5.82 Å². The first-order valence-electron chi connectivity index (χ1n) is 9.36. The first-order chi connectivity index (χ1) is 14.1. The largest absolute Gasteiger partial charge is 0.332 e. The zero-order chi connectivity index (χ0) is 20.4. The molecule has 0 saturated heterocycles. The number of nitrogens with zero attached hydrogens (tertiary/aromatic N) is 4. The van der Waals surface area contributed by atoms with E-state index in [1.54, 1.807) is 23.0 Å². The molecule has 0 bridgehead atoms. The predicted octanol–water partition coefficient (Wildman–Crippen LogP) is 3.25. The highest BCUT2D eigenvalue weighted by Gasteiger charge is 2.24. The number of hydrogen-bond acceptors (Lipinski definition) is 5. The number of fused-ring (bicyclic) bond motifs is 1. The standard InChI is InChI=1S/C21H20ClN5O2/c1-2-9-26-20(28)11-19(27(21(26)29)13-14-3-4-14)25-24-12-15-7-8-23-18-6-5-16(22)10-17(15)18/h2,5-8,10-12,14,25H,1,3-4,9,13H2/b24-12+. The van der Waals surface area contributed by atoms with Crippen molar-refractivity contribution in [1.82, 2.24) is 14.1 Å². The Morgan fingerprint density at radius 1 is 1.24 bits per heavy atom. The van der Waals surface area contributed by atoms with E-state index in [4.69, 9.17) is 11.6 Å². The van der Waals surface area contributed by atoms with Crippen LogP contribution in [0.1, 0.15) is 18.4 Å². The average Bonchev–Trinajstić information content (AvgIpc) is 3.52.